The molecule has 0 saturated carbocycles. The first-order valence-corrected chi connectivity index (χ1v) is 7.72. The lowest BCUT2D eigenvalue weighted by molar-refractivity contribution is 0.596. The van der Waals surface area contributed by atoms with Gasteiger partial charge in [0.25, 0.3) is 0 Å². The number of hydrogen-bond donors (Lipinski definition) is 0. The van der Waals surface area contributed by atoms with E-state index in [1.165, 1.54) is 12.1 Å². The Morgan fingerprint density at radius 1 is 1.04 bits per heavy atom. The van der Waals surface area contributed by atoms with E-state index in [1.807, 2.05) is 35.8 Å². The summed E-state index contributed by atoms with van der Waals surface area (Å²) in [6.45, 7) is 0. The van der Waals surface area contributed by atoms with Gasteiger partial charge in [0, 0.05) is 24.4 Å². The minimum atomic E-state index is -0.282. The van der Waals surface area contributed by atoms with Crippen LogP contribution in [0.4, 0.5) is 4.39 Å². The standard InChI is InChI=1S/C18H12FN5O/c1-23-15-10-12(4-7-14(15)21-22-23)17-16(11-2-5-13(19)6-3-11)20-18-24(17)8-9-25-18/h2-10H,1H3. The van der Waals surface area contributed by atoms with Crippen LogP contribution in [0.25, 0.3) is 39.4 Å². The highest BCUT2D eigenvalue weighted by Gasteiger charge is 2.18. The van der Waals surface area contributed by atoms with Crippen LogP contribution >= 0.6 is 0 Å². The zero-order valence-corrected chi connectivity index (χ0v) is 13.2. The highest BCUT2D eigenvalue weighted by atomic mass is 19.1. The Bertz CT molecular complexity index is 1220. The third-order valence-electron chi connectivity index (χ3n) is 4.26. The first-order chi connectivity index (χ1) is 12.2. The summed E-state index contributed by atoms with van der Waals surface area (Å²) in [5, 5.41) is 8.16. The fraction of sp³-hybridized carbons (Fsp3) is 0.0556. The van der Waals surface area contributed by atoms with Crippen molar-refractivity contribution < 1.29 is 8.81 Å². The van der Waals surface area contributed by atoms with Gasteiger partial charge < -0.3 is 4.42 Å². The lowest BCUT2D eigenvalue weighted by Gasteiger charge is -2.05. The van der Waals surface area contributed by atoms with Crippen molar-refractivity contribution in [1.29, 1.82) is 0 Å². The minimum absolute atomic E-state index is 0.282. The lowest BCUT2D eigenvalue weighted by Crippen LogP contribution is -1.91. The van der Waals surface area contributed by atoms with E-state index in [4.69, 9.17) is 4.42 Å². The van der Waals surface area contributed by atoms with Crippen molar-refractivity contribution in [1.82, 2.24) is 24.4 Å². The summed E-state index contributed by atoms with van der Waals surface area (Å²) in [6.07, 6.45) is 3.40. The maximum atomic E-state index is 13.3. The second kappa shape index (κ2) is 5.01. The van der Waals surface area contributed by atoms with Crippen molar-refractivity contribution in [2.24, 2.45) is 7.05 Å². The predicted octanol–water partition coefficient (Wildman–Crippen LogP) is 3.68. The Kier molecular flexibility index (Phi) is 2.79. The average Bonchev–Trinajstić information content (AvgIpc) is 3.30. The van der Waals surface area contributed by atoms with Gasteiger partial charge in [-0.25, -0.2) is 9.07 Å². The fourth-order valence-electron chi connectivity index (χ4n) is 3.05. The molecule has 0 amide bonds. The number of fused-ring (bicyclic) bond motifs is 2. The molecule has 0 saturated heterocycles. The molecule has 0 unspecified atom stereocenters. The number of halogens is 1. The Hall–Kier alpha value is -3.48. The van der Waals surface area contributed by atoms with E-state index in [2.05, 4.69) is 15.3 Å². The summed E-state index contributed by atoms with van der Waals surface area (Å²) in [6, 6.07) is 12.2. The molecule has 0 spiro atoms. The number of aromatic nitrogens is 5. The number of benzene rings is 2. The highest BCUT2D eigenvalue weighted by molar-refractivity contribution is 5.86. The third-order valence-corrected chi connectivity index (χ3v) is 4.26. The molecular formula is C18H12FN5O. The molecule has 0 aliphatic heterocycles. The summed E-state index contributed by atoms with van der Waals surface area (Å²) in [5.41, 5.74) is 5.11. The first kappa shape index (κ1) is 13.9. The maximum Gasteiger partial charge on any atom is 0.306 e. The molecular weight excluding hydrogens is 321 g/mol. The topological polar surface area (TPSA) is 61.2 Å². The molecule has 0 radical (unpaired) electrons. The van der Waals surface area contributed by atoms with Gasteiger partial charge in [-0.05, 0) is 36.4 Å². The minimum Gasteiger partial charge on any atom is -0.432 e. The highest BCUT2D eigenvalue weighted by Crippen LogP contribution is 2.34. The number of rotatable bonds is 2. The summed E-state index contributed by atoms with van der Waals surface area (Å²) >= 11 is 0. The quantitative estimate of drug-likeness (QED) is 0.494. The van der Waals surface area contributed by atoms with Crippen LogP contribution in [0.1, 0.15) is 0 Å². The molecule has 122 valence electrons. The maximum absolute atomic E-state index is 13.3. The molecule has 25 heavy (non-hydrogen) atoms. The van der Waals surface area contributed by atoms with Gasteiger partial charge in [-0.15, -0.1) is 5.10 Å². The van der Waals surface area contributed by atoms with E-state index in [0.29, 0.717) is 5.84 Å². The molecule has 0 bridgehead atoms. The zero-order chi connectivity index (χ0) is 17.0. The Balaban J connectivity index is 1.81. The van der Waals surface area contributed by atoms with Crippen molar-refractivity contribution in [3.8, 4) is 22.5 Å². The summed E-state index contributed by atoms with van der Waals surface area (Å²) in [7, 11) is 1.85. The summed E-state index contributed by atoms with van der Waals surface area (Å²) in [5.74, 6) is 0.202. The van der Waals surface area contributed by atoms with Gasteiger partial charge in [0.2, 0.25) is 0 Å². The van der Waals surface area contributed by atoms with Gasteiger partial charge in [-0.3, -0.25) is 4.40 Å². The van der Waals surface area contributed by atoms with E-state index in [1.54, 1.807) is 23.1 Å². The van der Waals surface area contributed by atoms with Crippen LogP contribution in [0.2, 0.25) is 0 Å². The molecule has 2 aromatic carbocycles. The third kappa shape index (κ3) is 2.06. The van der Waals surface area contributed by atoms with Crippen LogP contribution in [0.15, 0.2) is 59.3 Å². The normalized spacial score (nSPS) is 11.6. The van der Waals surface area contributed by atoms with E-state index >= 15 is 0 Å². The number of aryl methyl sites for hydroxylation is 1. The second-order valence-corrected chi connectivity index (χ2v) is 5.79. The molecule has 0 N–H and O–H groups in total. The van der Waals surface area contributed by atoms with E-state index in [9.17, 15) is 4.39 Å². The monoisotopic (exact) mass is 333 g/mol. The van der Waals surface area contributed by atoms with Crippen molar-refractivity contribution in [3.05, 3.63) is 60.7 Å². The predicted molar refractivity (Wildman–Crippen MR) is 90.4 cm³/mol. The molecule has 3 heterocycles. The van der Waals surface area contributed by atoms with Crippen molar-refractivity contribution >= 4 is 16.9 Å². The smallest absolute Gasteiger partial charge is 0.306 e. The Morgan fingerprint density at radius 2 is 1.84 bits per heavy atom. The van der Waals surface area contributed by atoms with E-state index in [-0.39, 0.29) is 5.82 Å². The molecule has 5 rings (SSSR count). The lowest BCUT2D eigenvalue weighted by atomic mass is 10.0. The van der Waals surface area contributed by atoms with Gasteiger partial charge in [-0.2, -0.15) is 4.98 Å². The van der Waals surface area contributed by atoms with Crippen molar-refractivity contribution in [2.45, 2.75) is 0 Å². The van der Waals surface area contributed by atoms with Crippen LogP contribution in [-0.4, -0.2) is 24.4 Å². The van der Waals surface area contributed by atoms with E-state index in [0.717, 1.165) is 33.5 Å². The van der Waals surface area contributed by atoms with Crippen molar-refractivity contribution in [2.75, 3.05) is 0 Å². The molecule has 5 aromatic rings. The molecule has 3 aromatic heterocycles. The van der Waals surface area contributed by atoms with Gasteiger partial charge >= 0.3 is 5.84 Å². The number of hydrogen-bond acceptors (Lipinski definition) is 4. The molecule has 0 aliphatic carbocycles. The van der Waals surface area contributed by atoms with Crippen LogP contribution in [-0.2, 0) is 7.05 Å². The zero-order valence-electron chi connectivity index (χ0n) is 13.2. The molecule has 7 heteroatoms. The largest absolute Gasteiger partial charge is 0.432 e. The van der Waals surface area contributed by atoms with Crippen LogP contribution in [0.3, 0.4) is 0 Å². The Labute approximate surface area is 141 Å². The molecule has 0 atom stereocenters. The molecule has 0 fully saturated rings. The van der Waals surface area contributed by atoms with Crippen LogP contribution < -0.4 is 0 Å². The van der Waals surface area contributed by atoms with Crippen LogP contribution in [0, 0.1) is 5.82 Å². The summed E-state index contributed by atoms with van der Waals surface area (Å²) in [4.78, 5) is 4.57. The van der Waals surface area contributed by atoms with Crippen LogP contribution in [0.5, 0.6) is 0 Å². The fourth-order valence-corrected chi connectivity index (χ4v) is 3.05. The van der Waals surface area contributed by atoms with Crippen molar-refractivity contribution in [3.63, 3.8) is 0 Å². The Morgan fingerprint density at radius 3 is 2.68 bits per heavy atom. The summed E-state index contributed by atoms with van der Waals surface area (Å²) < 4.78 is 22.3. The number of nitrogens with zero attached hydrogens (tertiary/aromatic N) is 5. The average molecular weight is 333 g/mol. The van der Waals surface area contributed by atoms with Gasteiger partial charge in [0.1, 0.15) is 23.3 Å². The number of oxazole rings is 1. The second-order valence-electron chi connectivity index (χ2n) is 5.79. The van der Waals surface area contributed by atoms with Gasteiger partial charge in [-0.1, -0.05) is 11.3 Å². The number of imidazole rings is 1. The van der Waals surface area contributed by atoms with Gasteiger partial charge in [0.05, 0.1) is 11.2 Å². The molecule has 0 aliphatic rings. The first-order valence-electron chi connectivity index (χ1n) is 7.72. The SMILES string of the molecule is Cn1nnc2ccc(-c3c(-c4ccc(F)cc4)nc4occn34)cc21. The van der Waals surface area contributed by atoms with E-state index < -0.39 is 0 Å². The van der Waals surface area contributed by atoms with Gasteiger partial charge in [0.15, 0.2) is 0 Å². The molecule has 6 nitrogen and oxygen atoms in total.